The number of para-hydroxylation sites is 2. The van der Waals surface area contributed by atoms with Crippen molar-refractivity contribution >= 4 is 22.9 Å². The second-order valence-corrected chi connectivity index (χ2v) is 6.24. The molecule has 1 amide bonds. The first-order valence-electron chi connectivity index (χ1n) is 7.42. The van der Waals surface area contributed by atoms with Crippen LogP contribution in [0.15, 0.2) is 51.7 Å². The third kappa shape index (κ3) is 3.22. The van der Waals surface area contributed by atoms with Gasteiger partial charge in [0.05, 0.1) is 4.92 Å². The van der Waals surface area contributed by atoms with Crippen LogP contribution in [0.4, 0.5) is 5.69 Å². The van der Waals surface area contributed by atoms with Gasteiger partial charge in [-0.15, -0.1) is 11.3 Å². The Morgan fingerprint density at radius 1 is 1.35 bits per heavy atom. The van der Waals surface area contributed by atoms with Crippen molar-refractivity contribution in [1.82, 2.24) is 14.3 Å². The summed E-state index contributed by atoms with van der Waals surface area (Å²) < 4.78 is 2.84. The van der Waals surface area contributed by atoms with Crippen LogP contribution in [0.5, 0.6) is 0 Å². The van der Waals surface area contributed by atoms with Gasteiger partial charge in [0.25, 0.3) is 5.69 Å². The van der Waals surface area contributed by atoms with E-state index >= 15 is 0 Å². The van der Waals surface area contributed by atoms with E-state index in [1.807, 2.05) is 0 Å². The van der Waals surface area contributed by atoms with E-state index in [0.717, 1.165) is 0 Å². The molecule has 132 valence electrons. The normalized spacial score (nSPS) is 11.5. The number of nitro benzene ring substituents is 1. The van der Waals surface area contributed by atoms with Crippen LogP contribution in [0.3, 0.4) is 0 Å². The molecule has 0 aliphatic rings. The van der Waals surface area contributed by atoms with Gasteiger partial charge in [-0.25, -0.2) is 4.68 Å². The van der Waals surface area contributed by atoms with Crippen molar-refractivity contribution < 1.29 is 9.72 Å². The first-order valence-corrected chi connectivity index (χ1v) is 8.30. The van der Waals surface area contributed by atoms with Crippen molar-refractivity contribution in [3.05, 3.63) is 78.4 Å². The Kier molecular flexibility index (Phi) is 4.59. The Balaban J connectivity index is 2.18. The smallest absolute Gasteiger partial charge is 0.304 e. The molecule has 0 radical (unpaired) electrons. The molecule has 0 unspecified atom stereocenters. The second-order valence-electron chi connectivity index (χ2n) is 5.37. The van der Waals surface area contributed by atoms with Crippen molar-refractivity contribution in [2.75, 3.05) is 0 Å². The minimum atomic E-state index is -0.805. The average molecular weight is 371 g/mol. The number of aryl methyl sites for hydroxylation is 2. The lowest BCUT2D eigenvalue weighted by Gasteiger charge is -2.10. The molecule has 0 bridgehead atoms. The summed E-state index contributed by atoms with van der Waals surface area (Å²) in [5.74, 6) is -0.805. The molecule has 0 saturated heterocycles. The van der Waals surface area contributed by atoms with Gasteiger partial charge in [0.15, 0.2) is 10.5 Å². The Bertz CT molecular complexity index is 1140. The number of carbonyl (C=O) groups is 1. The van der Waals surface area contributed by atoms with Crippen molar-refractivity contribution in [1.29, 1.82) is 0 Å². The van der Waals surface area contributed by atoms with E-state index in [1.165, 1.54) is 40.3 Å². The van der Waals surface area contributed by atoms with Gasteiger partial charge in [0.2, 0.25) is 5.43 Å². The Hall–Kier alpha value is -3.40. The predicted octanol–water partition coefficient (Wildman–Crippen LogP) is 1.59. The third-order valence-corrected chi connectivity index (χ3v) is 4.42. The number of benzene rings is 1. The monoisotopic (exact) mass is 371 g/mol. The van der Waals surface area contributed by atoms with Crippen LogP contribution in [0.1, 0.15) is 16.2 Å². The van der Waals surface area contributed by atoms with E-state index in [9.17, 15) is 19.7 Å². The molecule has 1 aromatic carbocycles. The minimum absolute atomic E-state index is 0.158. The lowest BCUT2D eigenvalue weighted by molar-refractivity contribution is -0.384. The number of nitrogens with zero attached hydrogens (tertiary/aromatic N) is 5. The highest BCUT2D eigenvalue weighted by molar-refractivity contribution is 7.07. The second kappa shape index (κ2) is 6.84. The SMILES string of the molecule is Cc1cc(=O)c(C(=O)N=c2sccn2C)nn1-c1ccccc1[N+](=O)[O-]. The number of aromatic nitrogens is 3. The molecule has 9 nitrogen and oxygen atoms in total. The van der Waals surface area contributed by atoms with Gasteiger partial charge in [-0.1, -0.05) is 12.1 Å². The molecule has 0 fully saturated rings. The summed E-state index contributed by atoms with van der Waals surface area (Å²) in [5, 5.41) is 17.1. The number of amides is 1. The largest absolute Gasteiger partial charge is 0.327 e. The number of thiazole rings is 1. The van der Waals surface area contributed by atoms with Gasteiger partial charge in [-0.05, 0) is 13.0 Å². The molecule has 0 N–H and O–H groups in total. The summed E-state index contributed by atoms with van der Waals surface area (Å²) in [6.45, 7) is 1.58. The van der Waals surface area contributed by atoms with Crippen molar-refractivity contribution in [2.24, 2.45) is 12.0 Å². The van der Waals surface area contributed by atoms with E-state index in [1.54, 1.807) is 36.2 Å². The summed E-state index contributed by atoms with van der Waals surface area (Å²) in [6, 6.07) is 7.16. The van der Waals surface area contributed by atoms with Gasteiger partial charge in [-0.2, -0.15) is 10.1 Å². The number of rotatable bonds is 3. The summed E-state index contributed by atoms with van der Waals surface area (Å²) in [6.07, 6.45) is 1.73. The summed E-state index contributed by atoms with van der Waals surface area (Å²) in [7, 11) is 1.72. The lowest BCUT2D eigenvalue weighted by Crippen LogP contribution is -2.24. The van der Waals surface area contributed by atoms with Crippen LogP contribution in [-0.2, 0) is 7.05 Å². The Morgan fingerprint density at radius 3 is 2.73 bits per heavy atom. The lowest BCUT2D eigenvalue weighted by atomic mass is 10.2. The van der Waals surface area contributed by atoms with Crippen LogP contribution in [-0.4, -0.2) is 25.2 Å². The zero-order valence-electron chi connectivity index (χ0n) is 13.8. The zero-order valence-corrected chi connectivity index (χ0v) is 14.6. The fourth-order valence-corrected chi connectivity index (χ4v) is 3.04. The molecule has 3 aromatic rings. The molecule has 26 heavy (non-hydrogen) atoms. The van der Waals surface area contributed by atoms with Gasteiger partial charge in [-0.3, -0.25) is 19.7 Å². The van der Waals surface area contributed by atoms with E-state index in [-0.39, 0.29) is 11.4 Å². The van der Waals surface area contributed by atoms with Crippen LogP contribution in [0.2, 0.25) is 0 Å². The quantitative estimate of drug-likeness (QED) is 0.512. The molecule has 0 atom stereocenters. The molecular formula is C16H13N5O4S. The standard InChI is InChI=1S/C16H13N5O4S/c1-10-9-13(22)14(15(23)17-16-19(2)7-8-26-16)18-20(10)11-5-3-4-6-12(11)21(24)25/h3-9H,1-2H3. The van der Waals surface area contributed by atoms with Crippen molar-refractivity contribution in [3.63, 3.8) is 0 Å². The molecule has 3 rings (SSSR count). The molecule has 0 spiro atoms. The molecule has 0 aliphatic carbocycles. The summed E-state index contributed by atoms with van der Waals surface area (Å²) in [4.78, 5) is 39.6. The topological polar surface area (TPSA) is 112 Å². The van der Waals surface area contributed by atoms with Crippen molar-refractivity contribution in [2.45, 2.75) is 6.92 Å². The van der Waals surface area contributed by atoms with E-state index in [4.69, 9.17) is 0 Å². The maximum atomic E-state index is 12.4. The van der Waals surface area contributed by atoms with Gasteiger partial charge in [0, 0.05) is 36.5 Å². The van der Waals surface area contributed by atoms with Gasteiger partial charge in [0.1, 0.15) is 5.69 Å². The molecule has 2 aromatic heterocycles. The maximum absolute atomic E-state index is 12.4. The maximum Gasteiger partial charge on any atom is 0.304 e. The highest BCUT2D eigenvalue weighted by Gasteiger charge is 2.20. The molecule has 0 saturated carbocycles. The van der Waals surface area contributed by atoms with E-state index in [0.29, 0.717) is 10.5 Å². The molecule has 0 aliphatic heterocycles. The Labute approximate surface area is 150 Å². The molecular weight excluding hydrogens is 358 g/mol. The fourth-order valence-electron chi connectivity index (χ4n) is 2.31. The fraction of sp³-hybridized carbons (Fsp3) is 0.125. The van der Waals surface area contributed by atoms with Crippen LogP contribution >= 0.6 is 11.3 Å². The van der Waals surface area contributed by atoms with Crippen LogP contribution in [0.25, 0.3) is 5.69 Å². The van der Waals surface area contributed by atoms with Crippen LogP contribution in [0, 0.1) is 17.0 Å². The third-order valence-electron chi connectivity index (χ3n) is 3.57. The summed E-state index contributed by atoms with van der Waals surface area (Å²) in [5.41, 5.74) is -0.660. The number of hydrogen-bond donors (Lipinski definition) is 0. The average Bonchev–Trinajstić information content (AvgIpc) is 2.99. The highest BCUT2D eigenvalue weighted by Crippen LogP contribution is 2.22. The zero-order chi connectivity index (χ0) is 18.8. The van der Waals surface area contributed by atoms with Gasteiger partial charge >= 0.3 is 5.91 Å². The number of hydrogen-bond acceptors (Lipinski definition) is 6. The van der Waals surface area contributed by atoms with Crippen molar-refractivity contribution in [3.8, 4) is 5.69 Å². The van der Waals surface area contributed by atoms with Crippen LogP contribution < -0.4 is 10.2 Å². The van der Waals surface area contributed by atoms with E-state index in [2.05, 4.69) is 10.1 Å². The minimum Gasteiger partial charge on any atom is -0.327 e. The first kappa shape index (κ1) is 17.4. The number of nitro groups is 1. The number of carbonyl (C=O) groups excluding carboxylic acids is 1. The molecule has 2 heterocycles. The van der Waals surface area contributed by atoms with Gasteiger partial charge < -0.3 is 4.57 Å². The first-order chi connectivity index (χ1) is 12.4. The van der Waals surface area contributed by atoms with E-state index < -0.39 is 22.0 Å². The highest BCUT2D eigenvalue weighted by atomic mass is 32.1. The Morgan fingerprint density at radius 2 is 2.08 bits per heavy atom. The summed E-state index contributed by atoms with van der Waals surface area (Å²) >= 11 is 1.24. The molecule has 10 heteroatoms. The predicted molar refractivity (Wildman–Crippen MR) is 94.4 cm³/mol.